The molecular weight excluding hydrogens is 230 g/mol. The fraction of sp³-hybridized carbons (Fsp3) is 0.667. The van der Waals surface area contributed by atoms with E-state index in [1.807, 2.05) is 0 Å². The van der Waals surface area contributed by atoms with E-state index in [9.17, 15) is 0 Å². The van der Waals surface area contributed by atoms with E-state index in [1.165, 1.54) is 19.3 Å². The Bertz CT molecular complexity index is 473. The van der Waals surface area contributed by atoms with Gasteiger partial charge < -0.3 is 5.32 Å². The van der Waals surface area contributed by atoms with Gasteiger partial charge in [0.25, 0.3) is 0 Å². The van der Waals surface area contributed by atoms with Crippen molar-refractivity contribution >= 4 is 0 Å². The molecule has 1 aromatic rings. The summed E-state index contributed by atoms with van der Waals surface area (Å²) in [5.41, 5.74) is 5.23. The van der Waals surface area contributed by atoms with Gasteiger partial charge >= 0.3 is 0 Å². The molecule has 0 bridgehead atoms. The Balaban J connectivity index is 2.03. The molecule has 0 saturated heterocycles. The summed E-state index contributed by atoms with van der Waals surface area (Å²) >= 11 is 0. The Morgan fingerprint density at radius 1 is 1.32 bits per heavy atom. The fourth-order valence-electron chi connectivity index (χ4n) is 4.13. The minimum Gasteiger partial charge on any atom is -0.309 e. The van der Waals surface area contributed by atoms with Gasteiger partial charge in [0.1, 0.15) is 0 Å². The van der Waals surface area contributed by atoms with Crippen molar-refractivity contribution in [2.45, 2.75) is 70.9 Å². The van der Waals surface area contributed by atoms with Crippen LogP contribution >= 0.6 is 0 Å². The molecule has 19 heavy (non-hydrogen) atoms. The van der Waals surface area contributed by atoms with Crippen LogP contribution in [-0.2, 0) is 12.0 Å². The van der Waals surface area contributed by atoms with Gasteiger partial charge in [0.15, 0.2) is 0 Å². The predicted octanol–water partition coefficient (Wildman–Crippen LogP) is 4.36. The van der Waals surface area contributed by atoms with Gasteiger partial charge in [0.2, 0.25) is 0 Å². The predicted molar refractivity (Wildman–Crippen MR) is 81.5 cm³/mol. The molecule has 0 saturated carbocycles. The largest absolute Gasteiger partial charge is 0.309 e. The summed E-state index contributed by atoms with van der Waals surface area (Å²) in [7, 11) is 0. The maximum absolute atomic E-state index is 3.80. The van der Waals surface area contributed by atoms with Crippen LogP contribution in [0.4, 0.5) is 0 Å². The van der Waals surface area contributed by atoms with Crippen LogP contribution in [0, 0.1) is 5.92 Å². The Morgan fingerprint density at radius 2 is 2.11 bits per heavy atom. The third-order valence-corrected chi connectivity index (χ3v) is 5.14. The monoisotopic (exact) mass is 257 g/mol. The normalized spacial score (nSPS) is 28.3. The summed E-state index contributed by atoms with van der Waals surface area (Å²) in [6, 6.07) is 7.64. The second-order valence-electron chi connectivity index (χ2n) is 7.52. The van der Waals surface area contributed by atoms with Gasteiger partial charge in [-0.15, -0.1) is 0 Å². The highest BCUT2D eigenvalue weighted by Crippen LogP contribution is 2.47. The molecule has 0 radical (unpaired) electrons. The van der Waals surface area contributed by atoms with Crippen molar-refractivity contribution in [2.75, 3.05) is 0 Å². The van der Waals surface area contributed by atoms with E-state index < -0.39 is 0 Å². The molecule has 1 aliphatic heterocycles. The van der Waals surface area contributed by atoms with Crippen LogP contribution in [0.3, 0.4) is 0 Å². The zero-order chi connectivity index (χ0) is 13.6. The lowest BCUT2D eigenvalue weighted by Gasteiger charge is -2.45. The van der Waals surface area contributed by atoms with Gasteiger partial charge in [-0.1, -0.05) is 45.9 Å². The molecule has 0 aromatic heterocycles. The minimum atomic E-state index is 0.363. The maximum Gasteiger partial charge on any atom is 0.0211 e. The van der Waals surface area contributed by atoms with Gasteiger partial charge in [-0.2, -0.15) is 0 Å². The standard InChI is InChI=1S/C18H27N/c1-12(2)10-16-14-8-9-18(3,4)15-7-5-6-13(11-19-16)17(14)15/h5-7,12,14,16,19H,8-11H2,1-4H3. The van der Waals surface area contributed by atoms with Crippen molar-refractivity contribution in [2.24, 2.45) is 5.92 Å². The van der Waals surface area contributed by atoms with Crippen LogP contribution in [0.15, 0.2) is 18.2 Å². The SMILES string of the molecule is CC(C)CC1NCc2cccc3c2C1CCC3(C)C. The molecule has 104 valence electrons. The van der Waals surface area contributed by atoms with E-state index in [2.05, 4.69) is 51.2 Å². The lowest BCUT2D eigenvalue weighted by molar-refractivity contribution is 0.284. The fourth-order valence-corrected chi connectivity index (χ4v) is 4.13. The molecule has 0 fully saturated rings. The highest BCUT2D eigenvalue weighted by atomic mass is 14.9. The van der Waals surface area contributed by atoms with Crippen molar-refractivity contribution in [1.82, 2.24) is 5.32 Å². The summed E-state index contributed by atoms with van der Waals surface area (Å²) < 4.78 is 0. The molecular formula is C18H27N. The van der Waals surface area contributed by atoms with Gasteiger partial charge in [-0.3, -0.25) is 0 Å². The van der Waals surface area contributed by atoms with Crippen molar-refractivity contribution in [3.05, 3.63) is 34.9 Å². The Kier molecular flexibility index (Phi) is 3.21. The zero-order valence-corrected chi connectivity index (χ0v) is 12.8. The molecule has 1 aliphatic carbocycles. The molecule has 2 aliphatic rings. The second kappa shape index (κ2) is 4.63. The topological polar surface area (TPSA) is 12.0 Å². The molecule has 1 aromatic carbocycles. The second-order valence-corrected chi connectivity index (χ2v) is 7.52. The maximum atomic E-state index is 3.80. The van der Waals surface area contributed by atoms with E-state index in [4.69, 9.17) is 0 Å². The van der Waals surface area contributed by atoms with Crippen LogP contribution in [0.5, 0.6) is 0 Å². The summed E-state index contributed by atoms with van der Waals surface area (Å²) in [6.45, 7) is 10.6. The highest BCUT2D eigenvalue weighted by molar-refractivity contribution is 5.46. The third kappa shape index (κ3) is 2.23. The van der Waals surface area contributed by atoms with Crippen LogP contribution in [0.1, 0.15) is 69.6 Å². The molecule has 1 N–H and O–H groups in total. The molecule has 0 spiro atoms. The summed E-state index contributed by atoms with van der Waals surface area (Å²) in [5, 5.41) is 3.80. The average Bonchev–Trinajstić information content (AvgIpc) is 2.35. The summed E-state index contributed by atoms with van der Waals surface area (Å²) in [4.78, 5) is 0. The van der Waals surface area contributed by atoms with Gasteiger partial charge in [-0.25, -0.2) is 0 Å². The number of hydrogen-bond donors (Lipinski definition) is 1. The van der Waals surface area contributed by atoms with E-state index in [-0.39, 0.29) is 0 Å². The van der Waals surface area contributed by atoms with Crippen molar-refractivity contribution in [3.63, 3.8) is 0 Å². The van der Waals surface area contributed by atoms with Gasteiger partial charge in [0, 0.05) is 12.6 Å². The summed E-state index contributed by atoms with van der Waals surface area (Å²) in [6.07, 6.45) is 3.98. The van der Waals surface area contributed by atoms with Crippen molar-refractivity contribution in [1.29, 1.82) is 0 Å². The van der Waals surface area contributed by atoms with Crippen molar-refractivity contribution in [3.8, 4) is 0 Å². The van der Waals surface area contributed by atoms with E-state index >= 15 is 0 Å². The van der Waals surface area contributed by atoms with Crippen LogP contribution < -0.4 is 5.32 Å². The number of hydrogen-bond acceptors (Lipinski definition) is 1. The molecule has 2 atom stereocenters. The summed E-state index contributed by atoms with van der Waals surface area (Å²) in [5.74, 6) is 1.52. The van der Waals surface area contributed by atoms with Crippen LogP contribution in [0.2, 0.25) is 0 Å². The third-order valence-electron chi connectivity index (χ3n) is 5.14. The molecule has 1 heterocycles. The molecule has 3 rings (SSSR count). The Labute approximate surface area is 117 Å². The molecule has 0 amide bonds. The van der Waals surface area contributed by atoms with Crippen LogP contribution in [0.25, 0.3) is 0 Å². The first kappa shape index (κ1) is 13.2. The Hall–Kier alpha value is -0.820. The molecule has 1 heteroatoms. The number of nitrogens with one attached hydrogen (secondary N) is 1. The Morgan fingerprint density at radius 3 is 2.84 bits per heavy atom. The van der Waals surface area contributed by atoms with E-state index in [0.717, 1.165) is 18.4 Å². The lowest BCUT2D eigenvalue weighted by atomic mass is 9.64. The lowest BCUT2D eigenvalue weighted by Crippen LogP contribution is -2.44. The molecule has 2 unspecified atom stereocenters. The first-order valence-corrected chi connectivity index (χ1v) is 7.84. The van der Waals surface area contributed by atoms with E-state index in [1.54, 1.807) is 16.7 Å². The average molecular weight is 257 g/mol. The van der Waals surface area contributed by atoms with Crippen molar-refractivity contribution < 1.29 is 0 Å². The number of rotatable bonds is 2. The highest BCUT2D eigenvalue weighted by Gasteiger charge is 2.39. The smallest absolute Gasteiger partial charge is 0.0211 e. The first-order valence-electron chi connectivity index (χ1n) is 7.84. The quantitative estimate of drug-likeness (QED) is 0.830. The van der Waals surface area contributed by atoms with Gasteiger partial charge in [0.05, 0.1) is 0 Å². The molecule has 1 nitrogen and oxygen atoms in total. The minimum absolute atomic E-state index is 0.363. The van der Waals surface area contributed by atoms with Crippen LogP contribution in [-0.4, -0.2) is 6.04 Å². The van der Waals surface area contributed by atoms with Gasteiger partial charge in [-0.05, 0) is 53.2 Å². The van der Waals surface area contributed by atoms with E-state index in [0.29, 0.717) is 11.5 Å². The number of benzene rings is 1. The first-order chi connectivity index (χ1) is 8.99. The zero-order valence-electron chi connectivity index (χ0n) is 12.8.